The second-order valence-corrected chi connectivity index (χ2v) is 4.53. The molecule has 0 radical (unpaired) electrons. The van der Waals surface area contributed by atoms with Crippen LogP contribution in [0.25, 0.3) is 0 Å². The fourth-order valence-electron chi connectivity index (χ4n) is 1.94. The molecule has 0 aliphatic carbocycles. The Morgan fingerprint density at radius 1 is 1.41 bits per heavy atom. The summed E-state index contributed by atoms with van der Waals surface area (Å²) in [4.78, 5) is 4.08. The summed E-state index contributed by atoms with van der Waals surface area (Å²) in [6.45, 7) is 4.09. The van der Waals surface area contributed by atoms with E-state index in [-0.39, 0.29) is 0 Å². The molecule has 2 rings (SSSR count). The summed E-state index contributed by atoms with van der Waals surface area (Å²) in [5.41, 5.74) is 4.11. The van der Waals surface area contributed by atoms with Crippen molar-refractivity contribution in [3.8, 4) is 0 Å². The van der Waals surface area contributed by atoms with Gasteiger partial charge in [-0.3, -0.25) is 0 Å². The van der Waals surface area contributed by atoms with Crippen molar-refractivity contribution in [3.05, 3.63) is 53.1 Å². The Bertz CT molecular complexity index is 522. The molecule has 17 heavy (non-hydrogen) atoms. The SMILES string of the molecule is Cc1cccc(C(O)c2cncn2CP)c1C. The van der Waals surface area contributed by atoms with Gasteiger partial charge in [0.1, 0.15) is 6.10 Å². The van der Waals surface area contributed by atoms with Gasteiger partial charge in [-0.2, -0.15) is 0 Å². The molecule has 0 aliphatic rings. The molecule has 1 aromatic heterocycles. The fraction of sp³-hybridized carbons (Fsp3) is 0.308. The Balaban J connectivity index is 2.44. The van der Waals surface area contributed by atoms with Crippen molar-refractivity contribution in [2.24, 2.45) is 0 Å². The topological polar surface area (TPSA) is 38.1 Å². The highest BCUT2D eigenvalue weighted by Crippen LogP contribution is 2.26. The molecule has 1 N–H and O–H groups in total. The van der Waals surface area contributed by atoms with Gasteiger partial charge in [-0.05, 0) is 30.5 Å². The predicted molar refractivity (Wildman–Crippen MR) is 71.9 cm³/mol. The lowest BCUT2D eigenvalue weighted by Crippen LogP contribution is -2.08. The summed E-state index contributed by atoms with van der Waals surface area (Å²) < 4.78 is 1.93. The predicted octanol–water partition coefficient (Wildman–Crippen LogP) is 2.41. The van der Waals surface area contributed by atoms with Crippen molar-refractivity contribution in [1.82, 2.24) is 9.55 Å². The molecule has 0 amide bonds. The molecule has 0 saturated heterocycles. The third-order valence-corrected chi connectivity index (χ3v) is 3.56. The Labute approximate surface area is 104 Å². The largest absolute Gasteiger partial charge is 0.382 e. The zero-order valence-electron chi connectivity index (χ0n) is 10.1. The lowest BCUT2D eigenvalue weighted by Gasteiger charge is -2.16. The van der Waals surface area contributed by atoms with E-state index in [2.05, 4.69) is 27.2 Å². The maximum atomic E-state index is 10.4. The Kier molecular flexibility index (Phi) is 3.60. The Morgan fingerprint density at radius 3 is 2.88 bits per heavy atom. The van der Waals surface area contributed by atoms with Crippen LogP contribution < -0.4 is 0 Å². The molecular formula is C13H17N2OP. The molecule has 0 fully saturated rings. The summed E-state index contributed by atoms with van der Waals surface area (Å²) in [7, 11) is 2.63. The summed E-state index contributed by atoms with van der Waals surface area (Å²) >= 11 is 0. The number of benzene rings is 1. The van der Waals surface area contributed by atoms with Crippen LogP contribution in [0.15, 0.2) is 30.7 Å². The first-order chi connectivity index (χ1) is 8.15. The zero-order valence-corrected chi connectivity index (χ0v) is 11.2. The lowest BCUT2D eigenvalue weighted by atomic mass is 9.98. The number of aliphatic hydroxyl groups excluding tert-OH is 1. The molecular weight excluding hydrogens is 231 g/mol. The van der Waals surface area contributed by atoms with Crippen molar-refractivity contribution in [2.75, 3.05) is 0 Å². The third kappa shape index (κ3) is 2.26. The first-order valence-corrected chi connectivity index (χ1v) is 6.41. The van der Waals surface area contributed by atoms with E-state index in [1.54, 1.807) is 12.5 Å². The summed E-state index contributed by atoms with van der Waals surface area (Å²) in [5.74, 6) is 0. The highest BCUT2D eigenvalue weighted by Gasteiger charge is 2.17. The molecule has 1 aromatic carbocycles. The zero-order chi connectivity index (χ0) is 12.4. The van der Waals surface area contributed by atoms with Crippen LogP contribution >= 0.6 is 9.24 Å². The standard InChI is InChI=1S/C13H17N2OP/c1-9-4-3-5-11(10(9)2)13(16)12-6-14-7-15(12)8-17/h3-7,13,16H,8,17H2,1-2H3. The Morgan fingerprint density at radius 2 is 2.18 bits per heavy atom. The molecule has 0 aliphatic heterocycles. The van der Waals surface area contributed by atoms with E-state index in [4.69, 9.17) is 0 Å². The number of aliphatic hydroxyl groups is 1. The van der Waals surface area contributed by atoms with Gasteiger partial charge in [0.2, 0.25) is 0 Å². The number of hydrogen-bond donors (Lipinski definition) is 1. The molecule has 2 aromatic rings. The van der Waals surface area contributed by atoms with E-state index in [9.17, 15) is 5.11 Å². The first-order valence-electron chi connectivity index (χ1n) is 5.59. The van der Waals surface area contributed by atoms with Crippen LogP contribution in [0.1, 0.15) is 28.5 Å². The molecule has 1 heterocycles. The van der Waals surface area contributed by atoms with Crippen LogP contribution in [0.4, 0.5) is 0 Å². The summed E-state index contributed by atoms with van der Waals surface area (Å²) in [5, 5.41) is 10.4. The number of aryl methyl sites for hydroxylation is 1. The molecule has 90 valence electrons. The maximum absolute atomic E-state index is 10.4. The van der Waals surface area contributed by atoms with Crippen LogP contribution in [0.3, 0.4) is 0 Å². The summed E-state index contributed by atoms with van der Waals surface area (Å²) in [6.07, 6.45) is 3.57. The van der Waals surface area contributed by atoms with Crippen LogP contribution in [-0.2, 0) is 6.29 Å². The molecule has 0 bridgehead atoms. The minimum absolute atomic E-state index is 0.613. The van der Waals surface area contributed by atoms with Crippen LogP contribution in [-0.4, -0.2) is 14.7 Å². The average molecular weight is 248 g/mol. The van der Waals surface area contributed by atoms with Gasteiger partial charge >= 0.3 is 0 Å². The molecule has 2 atom stereocenters. The first kappa shape index (κ1) is 12.3. The minimum atomic E-state index is -0.613. The lowest BCUT2D eigenvalue weighted by molar-refractivity contribution is 0.210. The fourth-order valence-corrected chi connectivity index (χ4v) is 2.25. The normalized spacial score (nSPS) is 12.7. The number of aromatic nitrogens is 2. The second-order valence-electron chi connectivity index (χ2n) is 4.16. The van der Waals surface area contributed by atoms with Crippen molar-refractivity contribution in [3.63, 3.8) is 0 Å². The van der Waals surface area contributed by atoms with Crippen LogP contribution in [0.2, 0.25) is 0 Å². The second kappa shape index (κ2) is 4.99. The van der Waals surface area contributed by atoms with Crippen LogP contribution in [0.5, 0.6) is 0 Å². The van der Waals surface area contributed by atoms with Crippen LogP contribution in [0, 0.1) is 13.8 Å². The molecule has 0 saturated carbocycles. The highest BCUT2D eigenvalue weighted by atomic mass is 31.0. The molecule has 0 spiro atoms. The van der Waals surface area contributed by atoms with E-state index in [1.165, 1.54) is 5.56 Å². The smallest absolute Gasteiger partial charge is 0.121 e. The maximum Gasteiger partial charge on any atom is 0.121 e. The van der Waals surface area contributed by atoms with Crippen molar-refractivity contribution in [2.45, 2.75) is 26.2 Å². The van der Waals surface area contributed by atoms with E-state index < -0.39 is 6.10 Å². The number of imidazole rings is 1. The van der Waals surface area contributed by atoms with E-state index in [1.807, 2.05) is 23.6 Å². The van der Waals surface area contributed by atoms with Gasteiger partial charge in [-0.1, -0.05) is 18.2 Å². The average Bonchev–Trinajstić information content (AvgIpc) is 2.80. The van der Waals surface area contributed by atoms with Gasteiger partial charge in [0, 0.05) is 6.29 Å². The van der Waals surface area contributed by atoms with Gasteiger partial charge in [0.15, 0.2) is 0 Å². The van der Waals surface area contributed by atoms with Crippen molar-refractivity contribution in [1.29, 1.82) is 0 Å². The van der Waals surface area contributed by atoms with E-state index in [0.717, 1.165) is 23.1 Å². The monoisotopic (exact) mass is 248 g/mol. The third-order valence-electron chi connectivity index (χ3n) is 3.16. The van der Waals surface area contributed by atoms with Gasteiger partial charge in [-0.25, -0.2) is 4.98 Å². The number of hydrogen-bond acceptors (Lipinski definition) is 2. The molecule has 2 unspecified atom stereocenters. The van der Waals surface area contributed by atoms with Gasteiger partial charge < -0.3 is 9.67 Å². The molecule has 4 heteroatoms. The van der Waals surface area contributed by atoms with E-state index >= 15 is 0 Å². The molecule has 3 nitrogen and oxygen atoms in total. The number of nitrogens with zero attached hydrogens (tertiary/aromatic N) is 2. The van der Waals surface area contributed by atoms with Crippen molar-refractivity contribution < 1.29 is 5.11 Å². The minimum Gasteiger partial charge on any atom is -0.382 e. The Hall–Kier alpha value is -1.18. The van der Waals surface area contributed by atoms with Gasteiger partial charge in [-0.15, -0.1) is 9.24 Å². The number of rotatable bonds is 3. The quantitative estimate of drug-likeness (QED) is 0.847. The van der Waals surface area contributed by atoms with Crippen molar-refractivity contribution >= 4 is 9.24 Å². The van der Waals surface area contributed by atoms with Gasteiger partial charge in [0.25, 0.3) is 0 Å². The summed E-state index contributed by atoms with van der Waals surface area (Å²) in [6, 6.07) is 5.99. The van der Waals surface area contributed by atoms with Gasteiger partial charge in [0.05, 0.1) is 18.2 Å². The van der Waals surface area contributed by atoms with E-state index in [0.29, 0.717) is 0 Å². The highest BCUT2D eigenvalue weighted by molar-refractivity contribution is 7.15.